The van der Waals surface area contributed by atoms with Gasteiger partial charge in [-0.05, 0) is 49.8 Å². The molecule has 0 radical (unpaired) electrons. The van der Waals surface area contributed by atoms with E-state index in [-0.39, 0.29) is 17.7 Å². The predicted octanol–water partition coefficient (Wildman–Crippen LogP) is 2.68. The van der Waals surface area contributed by atoms with Gasteiger partial charge in [-0.2, -0.15) is 0 Å². The number of primary amides is 1. The maximum Gasteiger partial charge on any atom is 0.224 e. The lowest BCUT2D eigenvalue weighted by Crippen LogP contribution is -2.40. The van der Waals surface area contributed by atoms with Crippen LogP contribution >= 0.6 is 0 Å². The number of rotatable bonds is 6. The number of nitrogens with one attached hydrogen (secondary N) is 1. The third kappa shape index (κ3) is 4.92. The summed E-state index contributed by atoms with van der Waals surface area (Å²) in [5.41, 5.74) is 7.43. The first kappa shape index (κ1) is 17.7. The summed E-state index contributed by atoms with van der Waals surface area (Å²) < 4.78 is 0. The van der Waals surface area contributed by atoms with Crippen LogP contribution in [-0.2, 0) is 16.1 Å². The van der Waals surface area contributed by atoms with E-state index in [1.807, 2.05) is 24.3 Å². The first-order valence-corrected chi connectivity index (χ1v) is 9.18. The number of carbonyl (C=O) groups is 2. The Balaban J connectivity index is 1.61. The summed E-state index contributed by atoms with van der Waals surface area (Å²) in [7, 11) is 0. The minimum Gasteiger partial charge on any atom is -0.369 e. The van der Waals surface area contributed by atoms with Crippen molar-refractivity contribution in [3.63, 3.8) is 0 Å². The van der Waals surface area contributed by atoms with Gasteiger partial charge in [0.1, 0.15) is 0 Å². The highest BCUT2D eigenvalue weighted by Gasteiger charge is 2.24. The molecule has 0 saturated carbocycles. The van der Waals surface area contributed by atoms with E-state index in [1.165, 1.54) is 0 Å². The zero-order chi connectivity index (χ0) is 17.6. The van der Waals surface area contributed by atoms with E-state index in [0.717, 1.165) is 50.0 Å². The van der Waals surface area contributed by atoms with Gasteiger partial charge in [0.05, 0.1) is 5.92 Å². The van der Waals surface area contributed by atoms with Gasteiger partial charge in [0.2, 0.25) is 11.8 Å². The van der Waals surface area contributed by atoms with Crippen LogP contribution < -0.4 is 11.1 Å². The van der Waals surface area contributed by atoms with Crippen LogP contribution in [0.2, 0.25) is 0 Å². The highest BCUT2D eigenvalue weighted by atomic mass is 16.2. The Morgan fingerprint density at radius 1 is 1.24 bits per heavy atom. The maximum atomic E-state index is 12.3. The predicted molar refractivity (Wildman–Crippen MR) is 98.7 cm³/mol. The molecule has 0 bridgehead atoms. The van der Waals surface area contributed by atoms with Crippen LogP contribution in [0.3, 0.4) is 0 Å². The molecule has 0 aromatic heterocycles. The molecule has 0 spiro atoms. The fourth-order valence-electron chi connectivity index (χ4n) is 3.76. The van der Waals surface area contributed by atoms with Crippen molar-refractivity contribution < 1.29 is 9.59 Å². The molecule has 1 aromatic carbocycles. The number of nitrogens with two attached hydrogens (primary N) is 1. The molecule has 1 aliphatic carbocycles. The summed E-state index contributed by atoms with van der Waals surface area (Å²) in [6, 6.07) is 7.92. The molecule has 0 unspecified atom stereocenters. The van der Waals surface area contributed by atoms with Crippen molar-refractivity contribution in [1.29, 1.82) is 0 Å². The third-order valence-electron chi connectivity index (χ3n) is 5.15. The van der Waals surface area contributed by atoms with Crippen molar-refractivity contribution in [2.45, 2.75) is 38.6 Å². The number of likely N-dealkylation sites (tertiary alicyclic amines) is 1. The summed E-state index contributed by atoms with van der Waals surface area (Å²) >= 11 is 0. The second-order valence-corrected chi connectivity index (χ2v) is 7.15. The van der Waals surface area contributed by atoms with Gasteiger partial charge < -0.3 is 11.1 Å². The zero-order valence-corrected chi connectivity index (χ0v) is 14.6. The minimum absolute atomic E-state index is 0.0651. The molecule has 3 rings (SSSR count). The van der Waals surface area contributed by atoms with Gasteiger partial charge in [-0.15, -0.1) is 0 Å². The lowest BCUT2D eigenvalue weighted by molar-refractivity contribution is -0.123. The summed E-state index contributed by atoms with van der Waals surface area (Å²) in [4.78, 5) is 26.1. The molecule has 5 nitrogen and oxygen atoms in total. The fraction of sp³-hybridized carbons (Fsp3) is 0.500. The second kappa shape index (κ2) is 8.30. The Kier molecular flexibility index (Phi) is 5.87. The second-order valence-electron chi connectivity index (χ2n) is 7.15. The van der Waals surface area contributed by atoms with Crippen molar-refractivity contribution in [1.82, 2.24) is 4.90 Å². The van der Waals surface area contributed by atoms with Gasteiger partial charge in [0.25, 0.3) is 0 Å². The maximum absolute atomic E-state index is 12.3. The highest BCUT2D eigenvalue weighted by molar-refractivity contribution is 5.91. The number of piperidine rings is 1. The Morgan fingerprint density at radius 2 is 2.08 bits per heavy atom. The van der Waals surface area contributed by atoms with E-state index in [4.69, 9.17) is 5.73 Å². The molecule has 1 saturated heterocycles. The number of hydrogen-bond donors (Lipinski definition) is 2. The SMILES string of the molecule is NC(=O)[C@H]1CCCN(Cc2ccccc2NC(=O)C[C@H]2C=CCC2)C1. The summed E-state index contributed by atoms with van der Waals surface area (Å²) in [5.74, 6) is 0.156. The Bertz CT molecular complexity index is 656. The normalized spacial score (nSPS) is 23.5. The van der Waals surface area contributed by atoms with Crippen molar-refractivity contribution in [2.75, 3.05) is 18.4 Å². The van der Waals surface area contributed by atoms with Gasteiger partial charge in [-0.1, -0.05) is 30.4 Å². The first-order valence-electron chi connectivity index (χ1n) is 9.18. The number of amides is 2. The number of benzene rings is 1. The van der Waals surface area contributed by atoms with Gasteiger partial charge >= 0.3 is 0 Å². The average Bonchev–Trinajstić information content (AvgIpc) is 3.10. The van der Waals surface area contributed by atoms with E-state index in [1.54, 1.807) is 0 Å². The topological polar surface area (TPSA) is 75.4 Å². The van der Waals surface area contributed by atoms with Gasteiger partial charge in [-0.25, -0.2) is 0 Å². The van der Waals surface area contributed by atoms with Gasteiger partial charge in [-0.3, -0.25) is 14.5 Å². The molecule has 2 amide bonds. The van der Waals surface area contributed by atoms with Crippen LogP contribution in [0.15, 0.2) is 36.4 Å². The molecule has 1 fully saturated rings. The van der Waals surface area contributed by atoms with Gasteiger partial charge in [0, 0.05) is 25.2 Å². The van der Waals surface area contributed by atoms with Crippen LogP contribution in [0.25, 0.3) is 0 Å². The monoisotopic (exact) mass is 341 g/mol. The Labute approximate surface area is 149 Å². The molecule has 2 atom stereocenters. The molecule has 5 heteroatoms. The van der Waals surface area contributed by atoms with E-state index < -0.39 is 0 Å². The molecule has 1 aliphatic heterocycles. The molecular formula is C20H27N3O2. The van der Waals surface area contributed by atoms with Crippen molar-refractivity contribution in [3.8, 4) is 0 Å². The third-order valence-corrected chi connectivity index (χ3v) is 5.15. The summed E-state index contributed by atoms with van der Waals surface area (Å²) in [6.45, 7) is 2.38. The highest BCUT2D eigenvalue weighted by Crippen LogP contribution is 2.24. The number of carbonyl (C=O) groups excluding carboxylic acids is 2. The van der Waals surface area contributed by atoms with Crippen molar-refractivity contribution >= 4 is 17.5 Å². The van der Waals surface area contributed by atoms with Crippen LogP contribution in [0.1, 0.15) is 37.7 Å². The minimum atomic E-state index is -0.212. The van der Waals surface area contributed by atoms with E-state index in [2.05, 4.69) is 22.4 Å². The van der Waals surface area contributed by atoms with E-state index in [9.17, 15) is 9.59 Å². The van der Waals surface area contributed by atoms with Crippen LogP contribution in [0.5, 0.6) is 0 Å². The first-order chi connectivity index (χ1) is 12.1. The van der Waals surface area contributed by atoms with Gasteiger partial charge in [0.15, 0.2) is 0 Å². The molecule has 25 heavy (non-hydrogen) atoms. The number of hydrogen-bond acceptors (Lipinski definition) is 3. The molecule has 1 aromatic rings. The van der Waals surface area contributed by atoms with Crippen molar-refractivity contribution in [2.24, 2.45) is 17.6 Å². The molecule has 1 heterocycles. The quantitative estimate of drug-likeness (QED) is 0.781. The molecular weight excluding hydrogens is 314 g/mol. The van der Waals surface area contributed by atoms with Crippen LogP contribution in [0.4, 0.5) is 5.69 Å². The zero-order valence-electron chi connectivity index (χ0n) is 14.6. The number of nitrogens with zero attached hydrogens (tertiary/aromatic N) is 1. The number of allylic oxidation sites excluding steroid dienone is 2. The summed E-state index contributed by atoms with van der Waals surface area (Å²) in [6.07, 6.45) is 8.83. The lowest BCUT2D eigenvalue weighted by Gasteiger charge is -2.31. The average molecular weight is 341 g/mol. The molecule has 2 aliphatic rings. The van der Waals surface area contributed by atoms with Crippen LogP contribution in [0, 0.1) is 11.8 Å². The Morgan fingerprint density at radius 3 is 2.84 bits per heavy atom. The standard InChI is InChI=1S/C20H27N3O2/c21-20(25)17-9-5-11-23(14-17)13-16-8-3-4-10-18(16)22-19(24)12-15-6-1-2-7-15/h1,3-4,6,8,10,15,17H,2,5,7,9,11-14H2,(H2,21,25)(H,22,24)/t15-,17-/m0/s1. The largest absolute Gasteiger partial charge is 0.369 e. The number of anilines is 1. The Hall–Kier alpha value is -2.14. The lowest BCUT2D eigenvalue weighted by atomic mass is 9.97. The van der Waals surface area contributed by atoms with Crippen molar-refractivity contribution in [3.05, 3.63) is 42.0 Å². The molecule has 134 valence electrons. The smallest absolute Gasteiger partial charge is 0.224 e. The number of para-hydroxylation sites is 1. The molecule has 3 N–H and O–H groups in total. The van der Waals surface area contributed by atoms with E-state index in [0.29, 0.717) is 18.9 Å². The fourth-order valence-corrected chi connectivity index (χ4v) is 3.76. The summed E-state index contributed by atoms with van der Waals surface area (Å²) in [5, 5.41) is 3.07. The van der Waals surface area contributed by atoms with E-state index >= 15 is 0 Å². The van der Waals surface area contributed by atoms with Crippen LogP contribution in [-0.4, -0.2) is 29.8 Å².